The third kappa shape index (κ3) is 2.63. The molecule has 0 fully saturated rings. The van der Waals surface area contributed by atoms with Crippen molar-refractivity contribution in [3.63, 3.8) is 0 Å². The number of pyridine rings is 1. The van der Waals surface area contributed by atoms with Gasteiger partial charge in [0.15, 0.2) is 23.0 Å². The van der Waals surface area contributed by atoms with Crippen molar-refractivity contribution < 1.29 is 29.2 Å². The molecule has 1 aliphatic heterocycles. The summed E-state index contributed by atoms with van der Waals surface area (Å²) < 4.78 is 16.2. The van der Waals surface area contributed by atoms with Gasteiger partial charge in [-0.05, 0) is 30.3 Å². The van der Waals surface area contributed by atoms with Gasteiger partial charge in [0.2, 0.25) is 0 Å². The first-order chi connectivity index (χ1) is 12.6. The minimum atomic E-state index is -1.07. The molecule has 7 nitrogen and oxygen atoms in total. The van der Waals surface area contributed by atoms with Crippen LogP contribution in [0.5, 0.6) is 23.0 Å². The van der Waals surface area contributed by atoms with Crippen molar-refractivity contribution in [3.8, 4) is 34.3 Å². The zero-order valence-electron chi connectivity index (χ0n) is 13.9. The Morgan fingerprint density at radius 2 is 1.85 bits per heavy atom. The Balaban J connectivity index is 1.95. The van der Waals surface area contributed by atoms with Gasteiger partial charge in [-0.25, -0.2) is 9.78 Å². The van der Waals surface area contributed by atoms with Crippen molar-refractivity contribution >= 4 is 16.9 Å². The molecule has 2 heterocycles. The van der Waals surface area contributed by atoms with Gasteiger partial charge in [-0.2, -0.15) is 0 Å². The van der Waals surface area contributed by atoms with Crippen LogP contribution in [0.3, 0.4) is 0 Å². The Morgan fingerprint density at radius 3 is 2.54 bits per heavy atom. The van der Waals surface area contributed by atoms with Crippen molar-refractivity contribution in [2.45, 2.75) is 0 Å². The molecule has 0 saturated carbocycles. The summed E-state index contributed by atoms with van der Waals surface area (Å²) in [4.78, 5) is 16.3. The van der Waals surface area contributed by atoms with E-state index in [-0.39, 0.29) is 17.1 Å². The smallest absolute Gasteiger partial charge is 0.336 e. The molecule has 0 bridgehead atoms. The molecule has 0 saturated heterocycles. The predicted molar refractivity (Wildman–Crippen MR) is 93.3 cm³/mol. The van der Waals surface area contributed by atoms with E-state index in [1.807, 2.05) is 0 Å². The Bertz CT molecular complexity index is 1030. The fourth-order valence-corrected chi connectivity index (χ4v) is 2.92. The van der Waals surface area contributed by atoms with Gasteiger partial charge in [0.05, 0.1) is 23.9 Å². The van der Waals surface area contributed by atoms with Gasteiger partial charge in [0.25, 0.3) is 0 Å². The van der Waals surface area contributed by atoms with Crippen molar-refractivity contribution in [2.75, 3.05) is 20.3 Å². The van der Waals surface area contributed by atoms with Crippen LogP contribution in [0, 0.1) is 0 Å². The number of hydrogen-bond donors (Lipinski definition) is 2. The van der Waals surface area contributed by atoms with Crippen LogP contribution >= 0.6 is 0 Å². The highest BCUT2D eigenvalue weighted by Gasteiger charge is 2.19. The molecule has 7 heteroatoms. The molecule has 26 heavy (non-hydrogen) atoms. The van der Waals surface area contributed by atoms with E-state index >= 15 is 0 Å². The summed E-state index contributed by atoms with van der Waals surface area (Å²) in [6, 6.07) is 9.54. The number of methoxy groups -OCH3 is 1. The third-order valence-corrected chi connectivity index (χ3v) is 4.18. The average Bonchev–Trinajstić information content (AvgIpc) is 2.65. The highest BCUT2D eigenvalue weighted by molar-refractivity contribution is 6.04. The summed E-state index contributed by atoms with van der Waals surface area (Å²) in [6.45, 7) is 0.846. The van der Waals surface area contributed by atoms with Crippen LogP contribution in [0.2, 0.25) is 0 Å². The Labute approximate surface area is 148 Å². The lowest BCUT2D eigenvalue weighted by atomic mass is 10.0. The van der Waals surface area contributed by atoms with Gasteiger partial charge in [0, 0.05) is 17.0 Å². The molecule has 0 radical (unpaired) electrons. The van der Waals surface area contributed by atoms with E-state index in [4.69, 9.17) is 14.2 Å². The number of benzene rings is 2. The number of rotatable bonds is 3. The van der Waals surface area contributed by atoms with Crippen LogP contribution < -0.4 is 14.2 Å². The Hall–Kier alpha value is -3.48. The molecule has 0 unspecified atom stereocenters. The number of carbonyl (C=O) groups is 1. The second-order valence-corrected chi connectivity index (χ2v) is 5.76. The van der Waals surface area contributed by atoms with Crippen molar-refractivity contribution in [1.82, 2.24) is 4.98 Å². The van der Waals surface area contributed by atoms with Crippen LogP contribution in [0.4, 0.5) is 0 Å². The molecule has 2 N–H and O–H groups in total. The SMILES string of the molecule is COc1cc(-c2cc(C(=O)O)c3cc4c(cc3n2)OCCO4)ccc1O. The number of phenolic OH excluding ortho intramolecular Hbond substituents is 1. The fourth-order valence-electron chi connectivity index (χ4n) is 2.92. The maximum atomic E-state index is 11.8. The lowest BCUT2D eigenvalue weighted by Gasteiger charge is -2.19. The minimum absolute atomic E-state index is 0.00452. The van der Waals surface area contributed by atoms with Crippen molar-refractivity contribution in [3.05, 3.63) is 42.0 Å². The molecule has 0 atom stereocenters. The molecule has 1 aliphatic rings. The maximum absolute atomic E-state index is 11.8. The van der Waals surface area contributed by atoms with Gasteiger partial charge in [-0.3, -0.25) is 0 Å². The van der Waals surface area contributed by atoms with Gasteiger partial charge >= 0.3 is 5.97 Å². The minimum Gasteiger partial charge on any atom is -0.504 e. The zero-order valence-corrected chi connectivity index (χ0v) is 13.9. The topological polar surface area (TPSA) is 98.1 Å². The summed E-state index contributed by atoms with van der Waals surface area (Å²) in [5.74, 6) is 0.250. The number of carboxylic acids is 1. The molecule has 1 aromatic heterocycles. The quantitative estimate of drug-likeness (QED) is 0.746. The summed E-state index contributed by atoms with van der Waals surface area (Å²) in [5, 5.41) is 19.9. The van der Waals surface area contributed by atoms with Crippen LogP contribution in [0.25, 0.3) is 22.2 Å². The zero-order chi connectivity index (χ0) is 18.3. The Kier molecular flexibility index (Phi) is 3.76. The van der Waals surface area contributed by atoms with Crippen molar-refractivity contribution in [1.29, 1.82) is 0 Å². The number of fused-ring (bicyclic) bond motifs is 2. The van der Waals surface area contributed by atoms with E-state index in [0.29, 0.717) is 46.9 Å². The molecule has 132 valence electrons. The van der Waals surface area contributed by atoms with E-state index in [1.54, 1.807) is 24.3 Å². The standard InChI is InChI=1S/C19H15NO6/c1-24-16-6-10(2-3-15(16)21)13-7-12(19(22)23)11-8-17-18(9-14(11)20-13)26-5-4-25-17/h2-3,6-9,21H,4-5H2,1H3,(H,22,23). The number of phenols is 1. The normalized spacial score (nSPS) is 12.8. The summed E-state index contributed by atoms with van der Waals surface area (Å²) in [5.41, 5.74) is 1.66. The van der Waals surface area contributed by atoms with Crippen LogP contribution in [-0.2, 0) is 0 Å². The highest BCUT2D eigenvalue weighted by atomic mass is 16.6. The van der Waals surface area contributed by atoms with Crippen LogP contribution in [-0.4, -0.2) is 41.5 Å². The van der Waals surface area contributed by atoms with Crippen molar-refractivity contribution in [2.24, 2.45) is 0 Å². The molecule has 3 aromatic rings. The largest absolute Gasteiger partial charge is 0.504 e. The second-order valence-electron chi connectivity index (χ2n) is 5.76. The summed E-state index contributed by atoms with van der Waals surface area (Å²) >= 11 is 0. The fraction of sp³-hybridized carbons (Fsp3) is 0.158. The number of nitrogens with zero attached hydrogens (tertiary/aromatic N) is 1. The predicted octanol–water partition coefficient (Wildman–Crippen LogP) is 3.09. The van der Waals surface area contributed by atoms with Gasteiger partial charge in [-0.15, -0.1) is 0 Å². The molecule has 0 amide bonds. The highest BCUT2D eigenvalue weighted by Crippen LogP contribution is 2.37. The van der Waals surface area contributed by atoms with E-state index in [9.17, 15) is 15.0 Å². The van der Waals surface area contributed by atoms with E-state index < -0.39 is 5.97 Å². The number of aromatic hydroxyl groups is 1. The monoisotopic (exact) mass is 353 g/mol. The lowest BCUT2D eigenvalue weighted by Crippen LogP contribution is -2.15. The first-order valence-electron chi connectivity index (χ1n) is 7.92. The number of hydrogen-bond acceptors (Lipinski definition) is 6. The second kappa shape index (κ2) is 6.11. The molecule has 4 rings (SSSR count). The van der Waals surface area contributed by atoms with Gasteiger partial charge in [0.1, 0.15) is 13.2 Å². The lowest BCUT2D eigenvalue weighted by molar-refractivity contribution is 0.0699. The van der Waals surface area contributed by atoms with Gasteiger partial charge in [-0.1, -0.05) is 0 Å². The molecular weight excluding hydrogens is 338 g/mol. The molecule has 0 spiro atoms. The third-order valence-electron chi connectivity index (χ3n) is 4.18. The molecule has 0 aliphatic carbocycles. The summed E-state index contributed by atoms with van der Waals surface area (Å²) in [6.07, 6.45) is 0. The molecule has 2 aromatic carbocycles. The van der Waals surface area contributed by atoms with E-state index in [2.05, 4.69) is 4.98 Å². The van der Waals surface area contributed by atoms with E-state index in [0.717, 1.165) is 0 Å². The molecular formula is C19H15NO6. The van der Waals surface area contributed by atoms with E-state index in [1.165, 1.54) is 19.2 Å². The number of aromatic nitrogens is 1. The average molecular weight is 353 g/mol. The maximum Gasteiger partial charge on any atom is 0.336 e. The van der Waals surface area contributed by atoms with Crippen LogP contribution in [0.15, 0.2) is 36.4 Å². The van der Waals surface area contributed by atoms with Gasteiger partial charge < -0.3 is 24.4 Å². The van der Waals surface area contributed by atoms with Crippen LogP contribution in [0.1, 0.15) is 10.4 Å². The Morgan fingerprint density at radius 1 is 1.12 bits per heavy atom. The summed E-state index contributed by atoms with van der Waals surface area (Å²) in [7, 11) is 1.44. The number of ether oxygens (including phenoxy) is 3. The number of carboxylic acid groups (broad SMARTS) is 1. The first-order valence-corrected chi connectivity index (χ1v) is 7.92. The first kappa shape index (κ1) is 16.0. The number of aromatic carboxylic acids is 1.